The number of fused-ring (bicyclic) bond motifs is 2. The summed E-state index contributed by atoms with van der Waals surface area (Å²) in [6.07, 6.45) is 2.36. The molecule has 0 radical (unpaired) electrons. The van der Waals surface area contributed by atoms with E-state index in [0.29, 0.717) is 25.5 Å². The molecule has 0 saturated carbocycles. The highest BCUT2D eigenvalue weighted by atomic mass is 32.2. The van der Waals surface area contributed by atoms with Crippen molar-refractivity contribution in [2.45, 2.75) is 19.3 Å². The SMILES string of the molecule is O=C(CC1=CSC2=NCCN12)NCC1CCOc2ccccc2C1. The van der Waals surface area contributed by atoms with Crippen LogP contribution in [-0.2, 0) is 11.2 Å². The molecular weight excluding hydrogens is 322 g/mol. The Morgan fingerprint density at radius 3 is 3.29 bits per heavy atom. The van der Waals surface area contributed by atoms with Crippen molar-refractivity contribution in [3.05, 3.63) is 40.9 Å². The molecule has 0 fully saturated rings. The van der Waals surface area contributed by atoms with E-state index in [1.807, 2.05) is 23.6 Å². The average molecular weight is 343 g/mol. The quantitative estimate of drug-likeness (QED) is 0.912. The molecule has 1 aromatic carbocycles. The fourth-order valence-electron chi connectivity index (χ4n) is 3.34. The molecule has 1 aromatic rings. The van der Waals surface area contributed by atoms with Crippen molar-refractivity contribution < 1.29 is 9.53 Å². The van der Waals surface area contributed by atoms with Gasteiger partial charge in [0.15, 0.2) is 5.17 Å². The lowest BCUT2D eigenvalue weighted by Crippen LogP contribution is -2.32. The van der Waals surface area contributed by atoms with Crippen molar-refractivity contribution in [2.24, 2.45) is 10.9 Å². The molecule has 0 bridgehead atoms. The van der Waals surface area contributed by atoms with Crippen LogP contribution in [0, 0.1) is 5.92 Å². The summed E-state index contributed by atoms with van der Waals surface area (Å²) in [5.74, 6) is 1.50. The van der Waals surface area contributed by atoms with E-state index >= 15 is 0 Å². The van der Waals surface area contributed by atoms with Gasteiger partial charge in [-0.2, -0.15) is 0 Å². The molecule has 1 unspecified atom stereocenters. The van der Waals surface area contributed by atoms with E-state index in [2.05, 4.69) is 21.3 Å². The first kappa shape index (κ1) is 15.6. The summed E-state index contributed by atoms with van der Waals surface area (Å²) in [6, 6.07) is 8.19. The van der Waals surface area contributed by atoms with Gasteiger partial charge in [-0.15, -0.1) is 0 Å². The number of rotatable bonds is 4. The van der Waals surface area contributed by atoms with E-state index in [9.17, 15) is 4.79 Å². The highest BCUT2D eigenvalue weighted by molar-refractivity contribution is 8.16. The number of thioether (sulfide) groups is 1. The molecule has 0 aliphatic carbocycles. The van der Waals surface area contributed by atoms with Crippen LogP contribution in [0.3, 0.4) is 0 Å². The van der Waals surface area contributed by atoms with Crippen LogP contribution < -0.4 is 10.1 Å². The van der Waals surface area contributed by atoms with E-state index in [4.69, 9.17) is 4.74 Å². The molecule has 6 heteroatoms. The number of carbonyl (C=O) groups excluding carboxylic acids is 1. The van der Waals surface area contributed by atoms with Gasteiger partial charge in [0.25, 0.3) is 0 Å². The standard InChI is InChI=1S/C18H21N3O2S/c22-17(10-15-12-24-18-19-6-7-21(15)18)20-11-13-5-8-23-16-4-2-1-3-14(16)9-13/h1-4,12-13H,5-11H2,(H,20,22). The lowest BCUT2D eigenvalue weighted by Gasteiger charge is -2.18. The smallest absolute Gasteiger partial charge is 0.225 e. The van der Waals surface area contributed by atoms with Crippen LogP contribution in [0.25, 0.3) is 0 Å². The Hall–Kier alpha value is -1.95. The van der Waals surface area contributed by atoms with Crippen LogP contribution in [0.1, 0.15) is 18.4 Å². The molecule has 1 atom stereocenters. The minimum atomic E-state index is 0.0912. The Labute approximate surface area is 146 Å². The molecule has 3 aliphatic heterocycles. The third-order valence-corrected chi connectivity index (χ3v) is 5.59. The summed E-state index contributed by atoms with van der Waals surface area (Å²) in [5, 5.41) is 6.19. The van der Waals surface area contributed by atoms with Crippen molar-refractivity contribution in [1.82, 2.24) is 10.2 Å². The van der Waals surface area contributed by atoms with Gasteiger partial charge in [0.2, 0.25) is 5.91 Å². The van der Waals surface area contributed by atoms with Crippen LogP contribution in [0.15, 0.2) is 40.4 Å². The highest BCUT2D eigenvalue weighted by Crippen LogP contribution is 2.31. The van der Waals surface area contributed by atoms with Crippen LogP contribution >= 0.6 is 11.8 Å². The second kappa shape index (κ2) is 6.89. The van der Waals surface area contributed by atoms with E-state index in [0.717, 1.165) is 42.5 Å². The Morgan fingerprint density at radius 1 is 1.42 bits per heavy atom. The third-order valence-electron chi connectivity index (χ3n) is 4.64. The molecule has 0 aromatic heterocycles. The van der Waals surface area contributed by atoms with Crippen molar-refractivity contribution in [3.63, 3.8) is 0 Å². The minimum Gasteiger partial charge on any atom is -0.493 e. The molecule has 0 saturated heterocycles. The van der Waals surface area contributed by atoms with E-state index < -0.39 is 0 Å². The zero-order valence-electron chi connectivity index (χ0n) is 13.5. The number of nitrogens with one attached hydrogen (secondary N) is 1. The van der Waals surface area contributed by atoms with Gasteiger partial charge in [0, 0.05) is 18.8 Å². The van der Waals surface area contributed by atoms with Crippen LogP contribution in [0.5, 0.6) is 5.75 Å². The van der Waals surface area contributed by atoms with Crippen LogP contribution in [0.2, 0.25) is 0 Å². The fourth-order valence-corrected chi connectivity index (χ4v) is 4.29. The third kappa shape index (κ3) is 3.29. The Bertz CT molecular complexity index is 701. The number of hydrogen-bond acceptors (Lipinski definition) is 5. The van der Waals surface area contributed by atoms with Gasteiger partial charge in [-0.05, 0) is 35.8 Å². The maximum atomic E-state index is 12.3. The number of carbonyl (C=O) groups is 1. The predicted octanol–water partition coefficient (Wildman–Crippen LogP) is 2.39. The minimum absolute atomic E-state index is 0.0912. The number of hydrogen-bond donors (Lipinski definition) is 1. The average Bonchev–Trinajstić information content (AvgIpc) is 3.13. The molecule has 0 spiro atoms. The first-order chi connectivity index (χ1) is 11.8. The second-order valence-corrected chi connectivity index (χ2v) is 7.18. The maximum absolute atomic E-state index is 12.3. The highest BCUT2D eigenvalue weighted by Gasteiger charge is 2.27. The summed E-state index contributed by atoms with van der Waals surface area (Å²) in [5.41, 5.74) is 2.31. The zero-order chi connectivity index (χ0) is 16.4. The number of nitrogens with zero attached hydrogens (tertiary/aromatic N) is 2. The molecule has 1 N–H and O–H groups in total. The molecule has 4 rings (SSSR count). The Balaban J connectivity index is 1.29. The van der Waals surface area contributed by atoms with E-state index in [-0.39, 0.29) is 5.91 Å². The molecule has 24 heavy (non-hydrogen) atoms. The Morgan fingerprint density at radius 2 is 2.33 bits per heavy atom. The van der Waals surface area contributed by atoms with Gasteiger partial charge in [-0.3, -0.25) is 9.79 Å². The van der Waals surface area contributed by atoms with Gasteiger partial charge in [0.05, 0.1) is 19.6 Å². The van der Waals surface area contributed by atoms with Gasteiger partial charge in [0.1, 0.15) is 5.75 Å². The maximum Gasteiger partial charge on any atom is 0.225 e. The largest absolute Gasteiger partial charge is 0.493 e. The number of amides is 1. The summed E-state index contributed by atoms with van der Waals surface area (Å²) in [4.78, 5) is 18.9. The molecule has 1 amide bonds. The van der Waals surface area contributed by atoms with Gasteiger partial charge in [-0.1, -0.05) is 30.0 Å². The van der Waals surface area contributed by atoms with Crippen molar-refractivity contribution >= 4 is 22.8 Å². The second-order valence-electron chi connectivity index (χ2n) is 6.34. The normalized spacial score (nSPS) is 22.0. The molecular formula is C18H21N3O2S. The number of aliphatic imine (C=N–C) groups is 1. The van der Waals surface area contributed by atoms with Gasteiger partial charge in [-0.25, -0.2) is 0 Å². The van der Waals surface area contributed by atoms with Gasteiger partial charge >= 0.3 is 0 Å². The van der Waals surface area contributed by atoms with E-state index in [1.54, 1.807) is 11.8 Å². The van der Waals surface area contributed by atoms with Crippen molar-refractivity contribution in [2.75, 3.05) is 26.2 Å². The predicted molar refractivity (Wildman–Crippen MR) is 96.1 cm³/mol. The lowest BCUT2D eigenvalue weighted by molar-refractivity contribution is -0.120. The van der Waals surface area contributed by atoms with Crippen LogP contribution in [0.4, 0.5) is 0 Å². The molecule has 126 valence electrons. The van der Waals surface area contributed by atoms with Crippen LogP contribution in [-0.4, -0.2) is 42.2 Å². The summed E-state index contributed by atoms with van der Waals surface area (Å²) in [7, 11) is 0. The number of para-hydroxylation sites is 1. The van der Waals surface area contributed by atoms with Crippen molar-refractivity contribution in [1.29, 1.82) is 0 Å². The Kier molecular flexibility index (Phi) is 4.47. The topological polar surface area (TPSA) is 53.9 Å². The van der Waals surface area contributed by atoms with Gasteiger partial charge < -0.3 is 15.0 Å². The number of benzene rings is 1. The van der Waals surface area contributed by atoms with Crippen molar-refractivity contribution in [3.8, 4) is 5.75 Å². The summed E-state index contributed by atoms with van der Waals surface area (Å²) < 4.78 is 5.80. The zero-order valence-corrected chi connectivity index (χ0v) is 14.3. The number of ether oxygens (including phenoxy) is 1. The monoisotopic (exact) mass is 343 g/mol. The van der Waals surface area contributed by atoms with E-state index in [1.165, 1.54) is 5.56 Å². The first-order valence-corrected chi connectivity index (χ1v) is 9.32. The number of amidine groups is 1. The molecule has 3 aliphatic rings. The fraction of sp³-hybridized carbons (Fsp3) is 0.444. The summed E-state index contributed by atoms with van der Waals surface area (Å²) in [6.45, 7) is 3.16. The molecule has 5 nitrogen and oxygen atoms in total. The summed E-state index contributed by atoms with van der Waals surface area (Å²) >= 11 is 1.62. The first-order valence-electron chi connectivity index (χ1n) is 8.45. The lowest BCUT2D eigenvalue weighted by atomic mass is 9.97. The molecule has 3 heterocycles.